The third-order valence-corrected chi connectivity index (χ3v) is 5.15. The molecule has 1 fully saturated rings. The van der Waals surface area contributed by atoms with E-state index in [9.17, 15) is 14.4 Å². The van der Waals surface area contributed by atoms with Gasteiger partial charge in [0, 0.05) is 4.47 Å². The molecule has 0 aromatic heterocycles. The van der Waals surface area contributed by atoms with Gasteiger partial charge in [-0.2, -0.15) is 0 Å². The lowest BCUT2D eigenvalue weighted by Crippen LogP contribution is -2.54. The fourth-order valence-corrected chi connectivity index (χ4v) is 3.43. The number of hydrogen-bond donors (Lipinski definition) is 1. The van der Waals surface area contributed by atoms with Gasteiger partial charge in [-0.25, -0.2) is 4.79 Å². The van der Waals surface area contributed by atoms with Gasteiger partial charge in [-0.05, 0) is 67.2 Å². The Morgan fingerprint density at radius 2 is 1.88 bits per heavy atom. The maximum atomic E-state index is 13.1. The molecule has 2 aromatic rings. The molecule has 8 nitrogen and oxygen atoms in total. The summed E-state index contributed by atoms with van der Waals surface area (Å²) in [6, 6.07) is 11.8. The maximum absolute atomic E-state index is 13.1. The molecule has 0 atom stereocenters. The van der Waals surface area contributed by atoms with Gasteiger partial charge in [0.25, 0.3) is 11.8 Å². The molecule has 1 N–H and O–H groups in total. The zero-order valence-electron chi connectivity index (χ0n) is 17.2. The van der Waals surface area contributed by atoms with Gasteiger partial charge in [0.05, 0.1) is 19.4 Å². The molecule has 10 heteroatoms. The van der Waals surface area contributed by atoms with Crippen LogP contribution in [0.2, 0.25) is 0 Å². The van der Waals surface area contributed by atoms with E-state index in [-0.39, 0.29) is 23.9 Å². The van der Waals surface area contributed by atoms with E-state index in [1.807, 2.05) is 0 Å². The molecule has 1 saturated heterocycles. The van der Waals surface area contributed by atoms with Crippen molar-refractivity contribution >= 4 is 62.8 Å². The second-order valence-corrected chi connectivity index (χ2v) is 7.74. The second-order valence-electron chi connectivity index (χ2n) is 6.44. The number of halogens is 1. The first-order chi connectivity index (χ1) is 15.3. The first-order valence-electron chi connectivity index (χ1n) is 9.47. The highest BCUT2D eigenvalue weighted by Gasteiger charge is 2.34. The highest BCUT2D eigenvalue weighted by molar-refractivity contribution is 9.10. The summed E-state index contributed by atoms with van der Waals surface area (Å²) in [4.78, 5) is 38.3. The van der Waals surface area contributed by atoms with Gasteiger partial charge in [0.15, 0.2) is 23.2 Å². The Morgan fingerprint density at radius 1 is 1.16 bits per heavy atom. The molecule has 0 bridgehead atoms. The van der Waals surface area contributed by atoms with Crippen LogP contribution >= 0.6 is 28.1 Å². The normalized spacial score (nSPS) is 14.9. The van der Waals surface area contributed by atoms with Crippen molar-refractivity contribution in [2.75, 3.05) is 25.2 Å². The van der Waals surface area contributed by atoms with Gasteiger partial charge in [-0.15, -0.1) is 0 Å². The van der Waals surface area contributed by atoms with Crippen molar-refractivity contribution in [3.8, 4) is 11.5 Å². The number of carbonyl (C=O) groups excluding carboxylic acids is 3. The van der Waals surface area contributed by atoms with E-state index in [2.05, 4.69) is 21.2 Å². The third-order valence-electron chi connectivity index (χ3n) is 4.34. The lowest BCUT2D eigenvalue weighted by molar-refractivity contribution is -0.145. The number of rotatable bonds is 7. The van der Waals surface area contributed by atoms with E-state index < -0.39 is 17.8 Å². The Morgan fingerprint density at radius 3 is 2.53 bits per heavy atom. The van der Waals surface area contributed by atoms with Crippen LogP contribution in [0.25, 0.3) is 6.08 Å². The SMILES string of the molecule is CCOC(=O)COc1ccc(C=C2C(=O)NC(=S)N(c3ccc(Br)cc3)C2=O)cc1OC. The summed E-state index contributed by atoms with van der Waals surface area (Å²) < 4.78 is 16.4. The number of esters is 1. The van der Waals surface area contributed by atoms with Gasteiger partial charge in [0.1, 0.15) is 5.57 Å². The molecule has 2 aromatic carbocycles. The molecular formula is C22H19BrN2O6S. The smallest absolute Gasteiger partial charge is 0.344 e. The molecule has 0 aliphatic carbocycles. The number of anilines is 1. The molecule has 3 rings (SSSR count). The topological polar surface area (TPSA) is 94.2 Å². The van der Waals surface area contributed by atoms with Crippen molar-refractivity contribution < 1.29 is 28.6 Å². The van der Waals surface area contributed by atoms with Crippen molar-refractivity contribution in [2.45, 2.75) is 6.92 Å². The summed E-state index contributed by atoms with van der Waals surface area (Å²) >= 11 is 8.55. The van der Waals surface area contributed by atoms with Crippen molar-refractivity contribution in [1.29, 1.82) is 0 Å². The Bertz CT molecular complexity index is 1100. The minimum atomic E-state index is -0.602. The summed E-state index contributed by atoms with van der Waals surface area (Å²) in [5.41, 5.74) is 0.950. The number of carbonyl (C=O) groups is 3. The summed E-state index contributed by atoms with van der Waals surface area (Å²) in [7, 11) is 1.44. The Kier molecular flexibility index (Phi) is 7.60. The van der Waals surface area contributed by atoms with Gasteiger partial charge >= 0.3 is 5.97 Å². The van der Waals surface area contributed by atoms with Crippen molar-refractivity contribution in [1.82, 2.24) is 5.32 Å². The summed E-state index contributed by atoms with van der Waals surface area (Å²) in [5.74, 6) is -1.01. The zero-order chi connectivity index (χ0) is 23.3. The molecule has 0 unspecified atom stereocenters. The highest BCUT2D eigenvalue weighted by atomic mass is 79.9. The standard InChI is InChI=1S/C22H19BrN2O6S/c1-3-30-19(26)12-31-17-9-4-13(11-18(17)29-2)10-16-20(27)24-22(32)25(21(16)28)15-7-5-14(23)6-8-15/h4-11H,3,12H2,1-2H3,(H,24,27,32). The zero-order valence-corrected chi connectivity index (χ0v) is 19.6. The maximum Gasteiger partial charge on any atom is 0.344 e. The highest BCUT2D eigenvalue weighted by Crippen LogP contribution is 2.30. The molecule has 166 valence electrons. The molecule has 32 heavy (non-hydrogen) atoms. The van der Waals surface area contributed by atoms with E-state index in [0.717, 1.165) is 4.47 Å². The number of amides is 2. The molecule has 0 saturated carbocycles. The van der Waals surface area contributed by atoms with Crippen LogP contribution in [0, 0.1) is 0 Å². The molecule has 1 aliphatic heterocycles. The van der Waals surface area contributed by atoms with E-state index in [0.29, 0.717) is 22.7 Å². The van der Waals surface area contributed by atoms with Gasteiger partial charge in [0.2, 0.25) is 0 Å². The van der Waals surface area contributed by atoms with Gasteiger partial charge in [-0.1, -0.05) is 22.0 Å². The summed E-state index contributed by atoms with van der Waals surface area (Å²) in [6.45, 7) is 1.68. The minimum absolute atomic E-state index is 0.000216. The van der Waals surface area contributed by atoms with Crippen LogP contribution in [0.4, 0.5) is 5.69 Å². The van der Waals surface area contributed by atoms with Crippen LogP contribution < -0.4 is 19.7 Å². The number of benzene rings is 2. The van der Waals surface area contributed by atoms with E-state index >= 15 is 0 Å². The number of ether oxygens (including phenoxy) is 3. The first kappa shape index (κ1) is 23.4. The average molecular weight is 519 g/mol. The first-order valence-corrected chi connectivity index (χ1v) is 10.7. The third kappa shape index (κ3) is 5.32. The Balaban J connectivity index is 1.87. The molecule has 0 radical (unpaired) electrons. The minimum Gasteiger partial charge on any atom is -0.493 e. The van der Waals surface area contributed by atoms with Crippen LogP contribution in [0.15, 0.2) is 52.5 Å². The van der Waals surface area contributed by atoms with Gasteiger partial charge < -0.3 is 14.2 Å². The Hall–Kier alpha value is -3.24. The fourth-order valence-electron chi connectivity index (χ4n) is 2.88. The largest absolute Gasteiger partial charge is 0.493 e. The van der Waals surface area contributed by atoms with Crippen LogP contribution in [0.1, 0.15) is 12.5 Å². The summed E-state index contributed by atoms with van der Waals surface area (Å²) in [6.07, 6.45) is 1.43. The van der Waals surface area contributed by atoms with Crippen LogP contribution in [0.5, 0.6) is 11.5 Å². The average Bonchev–Trinajstić information content (AvgIpc) is 2.77. The van der Waals surface area contributed by atoms with Crippen molar-refractivity contribution in [3.63, 3.8) is 0 Å². The van der Waals surface area contributed by atoms with Crippen LogP contribution in [-0.2, 0) is 19.1 Å². The number of hydrogen-bond acceptors (Lipinski definition) is 7. The number of methoxy groups -OCH3 is 1. The van der Waals surface area contributed by atoms with Crippen LogP contribution in [0.3, 0.4) is 0 Å². The number of thiocarbonyl (C=S) groups is 1. The number of nitrogens with zero attached hydrogens (tertiary/aromatic N) is 1. The molecule has 1 heterocycles. The van der Waals surface area contributed by atoms with Crippen LogP contribution in [-0.4, -0.2) is 43.2 Å². The van der Waals surface area contributed by atoms with Crippen molar-refractivity contribution in [2.24, 2.45) is 0 Å². The lowest BCUT2D eigenvalue weighted by Gasteiger charge is -2.29. The van der Waals surface area contributed by atoms with Crippen molar-refractivity contribution in [3.05, 3.63) is 58.1 Å². The fraction of sp³-hybridized carbons (Fsp3) is 0.182. The Labute approximate surface area is 198 Å². The van der Waals surface area contributed by atoms with E-state index in [1.54, 1.807) is 49.4 Å². The quantitative estimate of drug-likeness (QED) is 0.260. The lowest BCUT2D eigenvalue weighted by atomic mass is 10.1. The van der Waals surface area contributed by atoms with Gasteiger partial charge in [-0.3, -0.25) is 19.8 Å². The van der Waals surface area contributed by atoms with E-state index in [1.165, 1.54) is 18.1 Å². The molecule has 0 spiro atoms. The molecule has 1 aliphatic rings. The predicted octanol–water partition coefficient (Wildman–Crippen LogP) is 3.23. The summed E-state index contributed by atoms with van der Waals surface area (Å²) in [5, 5.41) is 2.54. The monoisotopic (exact) mass is 518 g/mol. The second kappa shape index (κ2) is 10.4. The molecule has 2 amide bonds. The predicted molar refractivity (Wildman–Crippen MR) is 125 cm³/mol. The molecular weight excluding hydrogens is 500 g/mol. The number of nitrogens with one attached hydrogen (secondary N) is 1. The van der Waals surface area contributed by atoms with E-state index in [4.69, 9.17) is 26.4 Å².